The van der Waals surface area contributed by atoms with E-state index in [1.54, 1.807) is 0 Å². The van der Waals surface area contributed by atoms with Gasteiger partial charge in [0.05, 0.1) is 18.4 Å². The summed E-state index contributed by atoms with van der Waals surface area (Å²) in [4.78, 5) is 23.7. The van der Waals surface area contributed by atoms with Gasteiger partial charge in [-0.3, -0.25) is 14.9 Å². The number of hydrogen-bond acceptors (Lipinski definition) is 5. The molecule has 9 heteroatoms. The lowest BCUT2D eigenvalue weighted by atomic mass is 9.78. The first-order chi connectivity index (χ1) is 12.8. The minimum absolute atomic E-state index is 0.0184. The fourth-order valence-corrected chi connectivity index (χ4v) is 4.51. The van der Waals surface area contributed by atoms with Crippen molar-refractivity contribution in [1.82, 2.24) is 26.6 Å². The van der Waals surface area contributed by atoms with E-state index in [1.165, 1.54) is 6.92 Å². The number of hydrogen-bond donors (Lipinski definition) is 5. The van der Waals surface area contributed by atoms with Crippen molar-refractivity contribution in [2.75, 3.05) is 13.1 Å². The van der Waals surface area contributed by atoms with Crippen molar-refractivity contribution in [1.29, 1.82) is 0 Å². The first-order valence-electron chi connectivity index (χ1n) is 9.64. The van der Waals surface area contributed by atoms with Crippen molar-refractivity contribution >= 4 is 23.4 Å². The predicted molar refractivity (Wildman–Crippen MR) is 102 cm³/mol. The number of carbonyl (C=O) groups is 2. The molecule has 0 radical (unpaired) electrons. The fraction of sp³-hybridized carbons (Fsp3) is 0.778. The number of alkyl halides is 2. The average molecular weight is 402 g/mol. The molecule has 0 spiro atoms. The van der Waals surface area contributed by atoms with Gasteiger partial charge in [-0.25, -0.2) is 4.39 Å². The minimum atomic E-state index is -1.10. The standard InChI is InChI=1S/C18H29ClFN5O2/c1-9(22-8-16-21-4-3-15(24-16)23-10(2)26)13-6-11-5-12(19)7-14(20)17(11)25-18(13)27/h6,9,11-12,14-17,21-22,24H,3-5,7-8H2,1-2H3,(H,23,26)(H,25,27)/t9-,11?,12?,14?,15?,16?,17?/m0/s1. The number of amides is 2. The monoisotopic (exact) mass is 401 g/mol. The first kappa shape index (κ1) is 20.5. The van der Waals surface area contributed by atoms with Crippen LogP contribution in [0.1, 0.15) is 33.1 Å². The molecule has 1 saturated heterocycles. The molecule has 27 heavy (non-hydrogen) atoms. The quantitative estimate of drug-likeness (QED) is 0.422. The Morgan fingerprint density at radius 3 is 2.96 bits per heavy atom. The van der Waals surface area contributed by atoms with Crippen molar-refractivity contribution in [3.63, 3.8) is 0 Å². The summed E-state index contributed by atoms with van der Waals surface area (Å²) >= 11 is 6.16. The van der Waals surface area contributed by atoms with Crippen LogP contribution in [0.25, 0.3) is 0 Å². The first-order valence-corrected chi connectivity index (χ1v) is 10.1. The van der Waals surface area contributed by atoms with Crippen LogP contribution in [0.5, 0.6) is 0 Å². The van der Waals surface area contributed by atoms with Crippen LogP contribution < -0.4 is 26.6 Å². The molecule has 152 valence electrons. The third-order valence-corrected chi connectivity index (χ3v) is 5.87. The van der Waals surface area contributed by atoms with Gasteiger partial charge in [-0.05, 0) is 32.7 Å². The number of nitrogens with one attached hydrogen (secondary N) is 5. The van der Waals surface area contributed by atoms with Gasteiger partial charge in [-0.2, -0.15) is 0 Å². The normalized spacial score (nSPS) is 37.6. The molecule has 0 aromatic rings. The predicted octanol–water partition coefficient (Wildman–Crippen LogP) is 0.116. The van der Waals surface area contributed by atoms with Gasteiger partial charge in [0.15, 0.2) is 0 Å². The molecule has 0 bridgehead atoms. The van der Waals surface area contributed by atoms with Crippen LogP contribution in [-0.2, 0) is 9.59 Å². The molecule has 6 unspecified atom stereocenters. The summed E-state index contributed by atoms with van der Waals surface area (Å²) in [6, 6.07) is -0.645. The van der Waals surface area contributed by atoms with E-state index in [1.807, 2.05) is 13.0 Å². The molecule has 0 aromatic heterocycles. The third-order valence-electron chi connectivity index (χ3n) is 5.51. The molecule has 2 amide bonds. The maximum Gasteiger partial charge on any atom is 0.248 e. The fourth-order valence-electron chi connectivity index (χ4n) is 4.13. The van der Waals surface area contributed by atoms with Gasteiger partial charge in [-0.1, -0.05) is 6.08 Å². The Hall–Kier alpha value is -1.22. The zero-order valence-electron chi connectivity index (χ0n) is 15.7. The van der Waals surface area contributed by atoms with Crippen LogP contribution in [0.15, 0.2) is 11.6 Å². The number of carbonyl (C=O) groups excluding carboxylic acids is 2. The Morgan fingerprint density at radius 2 is 2.22 bits per heavy atom. The molecule has 1 saturated carbocycles. The Morgan fingerprint density at radius 1 is 1.44 bits per heavy atom. The maximum absolute atomic E-state index is 14.2. The van der Waals surface area contributed by atoms with Gasteiger partial charge in [0.1, 0.15) is 6.17 Å². The molecule has 3 rings (SSSR count). The highest BCUT2D eigenvalue weighted by atomic mass is 35.5. The van der Waals surface area contributed by atoms with Crippen molar-refractivity contribution in [2.24, 2.45) is 5.92 Å². The molecular formula is C18H29ClFN5O2. The molecule has 2 heterocycles. The summed E-state index contributed by atoms with van der Waals surface area (Å²) in [5, 5.41) is 15.5. The molecule has 5 N–H and O–H groups in total. The molecular weight excluding hydrogens is 373 g/mol. The van der Waals surface area contributed by atoms with Gasteiger partial charge in [0.2, 0.25) is 11.8 Å². The molecule has 7 atom stereocenters. The zero-order valence-corrected chi connectivity index (χ0v) is 16.5. The maximum atomic E-state index is 14.2. The van der Waals surface area contributed by atoms with E-state index in [-0.39, 0.29) is 47.9 Å². The van der Waals surface area contributed by atoms with Crippen LogP contribution >= 0.6 is 11.6 Å². The Balaban J connectivity index is 1.55. The Labute approximate surface area is 164 Å². The molecule has 1 aliphatic carbocycles. The number of halogens is 2. The van der Waals surface area contributed by atoms with Crippen molar-refractivity contribution in [3.8, 4) is 0 Å². The topological polar surface area (TPSA) is 94.3 Å². The Bertz CT molecular complexity index is 604. The summed E-state index contributed by atoms with van der Waals surface area (Å²) < 4.78 is 14.2. The lowest BCUT2D eigenvalue weighted by Crippen LogP contribution is -2.63. The molecule has 2 aliphatic heterocycles. The second kappa shape index (κ2) is 8.86. The number of fused-ring (bicyclic) bond motifs is 1. The molecule has 7 nitrogen and oxygen atoms in total. The summed E-state index contributed by atoms with van der Waals surface area (Å²) in [7, 11) is 0. The smallest absolute Gasteiger partial charge is 0.248 e. The highest BCUT2D eigenvalue weighted by molar-refractivity contribution is 6.20. The lowest BCUT2D eigenvalue weighted by molar-refractivity contribution is -0.121. The third kappa shape index (κ3) is 5.19. The van der Waals surface area contributed by atoms with Crippen molar-refractivity contribution in [3.05, 3.63) is 11.6 Å². The number of rotatable bonds is 5. The lowest BCUT2D eigenvalue weighted by Gasteiger charge is -2.40. The van der Waals surface area contributed by atoms with Gasteiger partial charge >= 0.3 is 0 Å². The molecule has 0 aromatic carbocycles. The molecule has 3 aliphatic rings. The van der Waals surface area contributed by atoms with E-state index in [9.17, 15) is 14.0 Å². The second-order valence-electron chi connectivity index (χ2n) is 7.71. The summed E-state index contributed by atoms with van der Waals surface area (Å²) in [6.45, 7) is 4.80. The zero-order chi connectivity index (χ0) is 19.6. The van der Waals surface area contributed by atoms with Crippen LogP contribution in [-0.4, -0.2) is 60.9 Å². The van der Waals surface area contributed by atoms with Gasteiger partial charge in [0.25, 0.3) is 0 Å². The van der Waals surface area contributed by atoms with Gasteiger partial charge in [-0.15, -0.1) is 11.6 Å². The minimum Gasteiger partial charge on any atom is -0.346 e. The van der Waals surface area contributed by atoms with Crippen LogP contribution in [0.4, 0.5) is 4.39 Å². The van der Waals surface area contributed by atoms with Crippen molar-refractivity contribution < 1.29 is 14.0 Å². The highest BCUT2D eigenvalue weighted by Gasteiger charge is 2.41. The summed E-state index contributed by atoms with van der Waals surface area (Å²) in [6.07, 6.45) is 2.49. The van der Waals surface area contributed by atoms with E-state index < -0.39 is 12.2 Å². The van der Waals surface area contributed by atoms with Crippen LogP contribution in [0.2, 0.25) is 0 Å². The Kier molecular flexibility index (Phi) is 6.73. The summed E-state index contributed by atoms with van der Waals surface area (Å²) in [5.41, 5.74) is 0.628. The van der Waals surface area contributed by atoms with E-state index in [0.717, 1.165) is 13.0 Å². The average Bonchev–Trinajstić information content (AvgIpc) is 2.59. The van der Waals surface area contributed by atoms with Gasteiger partial charge < -0.3 is 21.3 Å². The highest BCUT2D eigenvalue weighted by Crippen LogP contribution is 2.34. The van der Waals surface area contributed by atoms with E-state index in [2.05, 4.69) is 26.6 Å². The summed E-state index contributed by atoms with van der Waals surface area (Å²) in [5.74, 6) is -0.347. The van der Waals surface area contributed by atoms with Crippen LogP contribution in [0, 0.1) is 5.92 Å². The largest absolute Gasteiger partial charge is 0.346 e. The van der Waals surface area contributed by atoms with E-state index >= 15 is 0 Å². The van der Waals surface area contributed by atoms with Crippen LogP contribution in [0.3, 0.4) is 0 Å². The second-order valence-corrected chi connectivity index (χ2v) is 8.33. The van der Waals surface area contributed by atoms with E-state index in [0.29, 0.717) is 18.5 Å². The van der Waals surface area contributed by atoms with Crippen molar-refractivity contribution in [2.45, 2.75) is 69.1 Å². The SMILES string of the molecule is CC(=O)NC1CCNC(CN[C@@H](C)C2=CC3CC(Cl)CC(F)C3NC2=O)N1. The van der Waals surface area contributed by atoms with Gasteiger partial charge in [0, 0.05) is 36.4 Å². The molecule has 2 fully saturated rings. The van der Waals surface area contributed by atoms with E-state index in [4.69, 9.17) is 11.6 Å².